The minimum Gasteiger partial charge on any atom is -0.860 e. The molecule has 0 unspecified atom stereocenters. The van der Waals surface area contributed by atoms with Gasteiger partial charge in [0.05, 0.1) is 0 Å². The molecule has 1 amide bonds. The predicted molar refractivity (Wildman–Crippen MR) is 130 cm³/mol. The Hall–Kier alpha value is -3.61. The van der Waals surface area contributed by atoms with Crippen molar-refractivity contribution in [1.29, 1.82) is 0 Å². The van der Waals surface area contributed by atoms with Crippen LogP contribution in [-0.4, -0.2) is 21.1 Å². The Morgan fingerprint density at radius 2 is 2.03 bits per heavy atom. The summed E-state index contributed by atoms with van der Waals surface area (Å²) in [7, 11) is 0. The molecular formula is C26H32N5O2-. The number of aryl methyl sites for hydroxylation is 2. The van der Waals surface area contributed by atoms with Gasteiger partial charge in [0.25, 0.3) is 5.91 Å². The van der Waals surface area contributed by atoms with Gasteiger partial charge >= 0.3 is 0 Å². The number of nitrogens with one attached hydrogen (secondary N) is 2. The van der Waals surface area contributed by atoms with Crippen molar-refractivity contribution in [2.24, 2.45) is 0 Å². The van der Waals surface area contributed by atoms with E-state index in [1.807, 2.05) is 38.1 Å². The Balaban J connectivity index is 2.12. The van der Waals surface area contributed by atoms with E-state index in [-0.39, 0.29) is 17.2 Å². The average Bonchev–Trinajstić information content (AvgIpc) is 3.29. The van der Waals surface area contributed by atoms with E-state index in [4.69, 9.17) is 0 Å². The maximum Gasteiger partial charge on any atom is 0.252 e. The lowest BCUT2D eigenvalue weighted by Crippen LogP contribution is -2.41. The lowest BCUT2D eigenvalue weighted by atomic mass is 9.92. The zero-order valence-electron chi connectivity index (χ0n) is 20.1. The number of amides is 1. The number of carbonyl (C=O) groups is 1. The first kappa shape index (κ1) is 24.0. The van der Waals surface area contributed by atoms with Crippen LogP contribution in [0, 0.1) is 6.92 Å². The summed E-state index contributed by atoms with van der Waals surface area (Å²) in [6, 6.07) is 10.3. The van der Waals surface area contributed by atoms with E-state index in [1.165, 1.54) is 11.0 Å². The van der Waals surface area contributed by atoms with Gasteiger partial charge < -0.3 is 15.3 Å². The van der Waals surface area contributed by atoms with Crippen molar-refractivity contribution in [3.63, 3.8) is 0 Å². The normalized spacial score (nSPS) is 13.0. The van der Waals surface area contributed by atoms with Crippen molar-refractivity contribution < 1.29 is 9.90 Å². The molecule has 0 aliphatic carbocycles. The van der Waals surface area contributed by atoms with Crippen LogP contribution in [0.4, 0.5) is 11.5 Å². The molecule has 7 nitrogen and oxygen atoms in total. The molecule has 0 spiro atoms. The second-order valence-electron chi connectivity index (χ2n) is 9.03. The number of hydrogen-bond donors (Lipinski definition) is 2. The molecule has 0 radical (unpaired) electrons. The number of nitrogens with zero attached hydrogens (tertiary/aromatic N) is 3. The van der Waals surface area contributed by atoms with Crippen LogP contribution in [0.15, 0.2) is 60.8 Å². The van der Waals surface area contributed by atoms with Crippen LogP contribution in [0.3, 0.4) is 0 Å². The van der Waals surface area contributed by atoms with Crippen molar-refractivity contribution in [2.45, 2.75) is 59.4 Å². The van der Waals surface area contributed by atoms with Crippen LogP contribution in [0.1, 0.15) is 63.0 Å². The number of anilines is 2. The summed E-state index contributed by atoms with van der Waals surface area (Å²) in [6.45, 7) is 11.8. The fourth-order valence-electron chi connectivity index (χ4n) is 3.68. The fraction of sp³-hybridized carbons (Fsp3) is 0.346. The Morgan fingerprint density at radius 1 is 1.27 bits per heavy atom. The van der Waals surface area contributed by atoms with Crippen LogP contribution >= 0.6 is 0 Å². The van der Waals surface area contributed by atoms with Crippen molar-refractivity contribution in [2.75, 3.05) is 10.2 Å². The molecule has 0 saturated heterocycles. The Bertz CT molecular complexity index is 1130. The third-order valence-electron chi connectivity index (χ3n) is 5.60. The van der Waals surface area contributed by atoms with Gasteiger partial charge in [0.1, 0.15) is 6.04 Å². The number of aromatic amines is 1. The smallest absolute Gasteiger partial charge is 0.252 e. The number of carbonyl (C=O) groups excluding carboxylic acids is 1. The van der Waals surface area contributed by atoms with E-state index in [9.17, 15) is 9.90 Å². The molecule has 7 heteroatoms. The number of allylic oxidation sites excluding steroid dienone is 1. The molecule has 2 heterocycles. The van der Waals surface area contributed by atoms with E-state index >= 15 is 0 Å². The minimum absolute atomic E-state index is 0.195. The highest BCUT2D eigenvalue weighted by Gasteiger charge is 2.31. The molecule has 0 saturated carbocycles. The zero-order chi connectivity index (χ0) is 24.2. The topological polar surface area (TPSA) is 97.0 Å². The first-order valence-electron chi connectivity index (χ1n) is 11.1. The van der Waals surface area contributed by atoms with Crippen LogP contribution in [0.2, 0.25) is 0 Å². The summed E-state index contributed by atoms with van der Waals surface area (Å²) in [5.74, 6) is -0.276. The average molecular weight is 447 g/mol. The molecule has 2 aromatic heterocycles. The van der Waals surface area contributed by atoms with Crippen LogP contribution < -0.4 is 15.3 Å². The second kappa shape index (κ2) is 9.90. The summed E-state index contributed by atoms with van der Waals surface area (Å²) in [6.07, 6.45) is 5.46. The highest BCUT2D eigenvalue weighted by Crippen LogP contribution is 2.33. The van der Waals surface area contributed by atoms with Gasteiger partial charge in [-0.3, -0.25) is 14.9 Å². The number of para-hydroxylation sites is 1. The Labute approximate surface area is 195 Å². The zero-order valence-corrected chi connectivity index (χ0v) is 20.1. The van der Waals surface area contributed by atoms with E-state index < -0.39 is 6.04 Å². The molecule has 33 heavy (non-hydrogen) atoms. The number of benzene rings is 1. The quantitative estimate of drug-likeness (QED) is 0.525. The monoisotopic (exact) mass is 446 g/mol. The molecule has 174 valence electrons. The maximum absolute atomic E-state index is 13.8. The summed E-state index contributed by atoms with van der Waals surface area (Å²) in [4.78, 5) is 19.4. The lowest BCUT2D eigenvalue weighted by Gasteiger charge is -2.36. The van der Waals surface area contributed by atoms with Gasteiger partial charge in [0.15, 0.2) is 5.82 Å². The molecule has 3 aromatic rings. The largest absolute Gasteiger partial charge is 0.860 e. The predicted octanol–water partition coefficient (Wildman–Crippen LogP) is 4.38. The fourth-order valence-corrected chi connectivity index (χ4v) is 3.68. The molecule has 1 atom stereocenters. The van der Waals surface area contributed by atoms with E-state index in [0.29, 0.717) is 11.4 Å². The number of rotatable bonds is 7. The highest BCUT2D eigenvalue weighted by atomic mass is 16.3. The summed E-state index contributed by atoms with van der Waals surface area (Å²) in [5, 5.41) is 23.7. The molecule has 3 rings (SSSR count). The van der Waals surface area contributed by atoms with Crippen molar-refractivity contribution >= 4 is 17.4 Å². The van der Waals surface area contributed by atoms with E-state index in [0.717, 1.165) is 28.9 Å². The third-order valence-corrected chi connectivity index (χ3v) is 5.60. The van der Waals surface area contributed by atoms with Gasteiger partial charge in [-0.1, -0.05) is 58.0 Å². The highest BCUT2D eigenvalue weighted by molar-refractivity contribution is 5.99. The van der Waals surface area contributed by atoms with Gasteiger partial charge in [-0.25, -0.2) is 0 Å². The first-order chi connectivity index (χ1) is 15.7. The summed E-state index contributed by atoms with van der Waals surface area (Å²) < 4.78 is 0. The maximum atomic E-state index is 13.8. The molecule has 0 aliphatic rings. The number of pyridine rings is 1. The Kier molecular flexibility index (Phi) is 7.21. The molecule has 0 fully saturated rings. The third kappa shape index (κ3) is 5.25. The van der Waals surface area contributed by atoms with Crippen LogP contribution in [0.25, 0.3) is 0 Å². The SMILES string of the molecule is C/C=C(/[O-])N(c1cc(C(C)(C)C)[nH]n1)[C@@H](C(=O)Nc1c(C)cccc1CC)c1cccnc1. The number of H-pyrrole nitrogens is 1. The molecule has 1 aromatic carbocycles. The van der Waals surface area contributed by atoms with Gasteiger partial charge in [-0.2, -0.15) is 5.10 Å². The van der Waals surface area contributed by atoms with Crippen LogP contribution in [0.5, 0.6) is 0 Å². The number of aromatic nitrogens is 3. The van der Waals surface area contributed by atoms with Crippen molar-refractivity contribution in [3.8, 4) is 0 Å². The second-order valence-corrected chi connectivity index (χ2v) is 9.03. The Morgan fingerprint density at radius 3 is 2.61 bits per heavy atom. The van der Waals surface area contributed by atoms with Gasteiger partial charge in [-0.15, -0.1) is 0 Å². The standard InChI is InChI=1S/C26H33N5O2/c1-7-18-12-9-11-17(3)23(18)28-25(33)24(19-13-10-14-27-16-19)31(22(32)8-2)21-15-20(29-30-21)26(4,5)6/h8-16,24,32H,7H2,1-6H3,(H,28,33)(H,29,30)/p-1/b22-8+/t24-/m1/s1. The summed E-state index contributed by atoms with van der Waals surface area (Å²) >= 11 is 0. The molecule has 2 N–H and O–H groups in total. The van der Waals surface area contributed by atoms with E-state index in [1.54, 1.807) is 31.5 Å². The molecule has 0 aliphatic heterocycles. The minimum atomic E-state index is -0.956. The van der Waals surface area contributed by atoms with E-state index in [2.05, 4.69) is 41.3 Å². The first-order valence-corrected chi connectivity index (χ1v) is 11.1. The van der Waals surface area contributed by atoms with Gasteiger partial charge in [0.2, 0.25) is 0 Å². The van der Waals surface area contributed by atoms with Crippen molar-refractivity contribution in [3.05, 3.63) is 83.1 Å². The molecule has 0 bridgehead atoms. The van der Waals surface area contributed by atoms with Crippen LogP contribution in [-0.2, 0) is 16.6 Å². The molecular weight excluding hydrogens is 414 g/mol. The number of hydrogen-bond acceptors (Lipinski definition) is 5. The lowest BCUT2D eigenvalue weighted by molar-refractivity contribution is -0.306. The van der Waals surface area contributed by atoms with Gasteiger partial charge in [-0.05, 0) is 43.3 Å². The van der Waals surface area contributed by atoms with Gasteiger partial charge in [0, 0.05) is 40.8 Å². The van der Waals surface area contributed by atoms with Crippen molar-refractivity contribution in [1.82, 2.24) is 15.2 Å². The summed E-state index contributed by atoms with van der Waals surface area (Å²) in [5.41, 5.74) is 4.02.